The van der Waals surface area contributed by atoms with E-state index in [0.29, 0.717) is 6.04 Å². The van der Waals surface area contributed by atoms with Gasteiger partial charge in [-0.25, -0.2) is 4.98 Å². The van der Waals surface area contributed by atoms with Gasteiger partial charge in [-0.05, 0) is 25.5 Å². The van der Waals surface area contributed by atoms with Crippen LogP contribution in [0.4, 0.5) is 5.82 Å². The topological polar surface area (TPSA) is 46.2 Å². The van der Waals surface area contributed by atoms with Crippen molar-refractivity contribution in [2.75, 3.05) is 25.5 Å². The lowest BCUT2D eigenvalue weighted by atomic mass is 10.1. The standard InChI is InChI=1S/C12H19N3O/c1-13-12-8-11(5-7-15-12)16-9-10-4-2-3-6-14-10/h5,7-8,10,14H,2-4,6,9H2,1H3,(H,13,15). The van der Waals surface area contributed by atoms with Crippen molar-refractivity contribution in [2.45, 2.75) is 25.3 Å². The number of aromatic nitrogens is 1. The molecule has 1 unspecified atom stereocenters. The van der Waals surface area contributed by atoms with Crippen LogP contribution in [0, 0.1) is 0 Å². The highest BCUT2D eigenvalue weighted by Gasteiger charge is 2.12. The van der Waals surface area contributed by atoms with Gasteiger partial charge in [0.2, 0.25) is 0 Å². The van der Waals surface area contributed by atoms with Gasteiger partial charge in [0.05, 0.1) is 0 Å². The summed E-state index contributed by atoms with van der Waals surface area (Å²) in [7, 11) is 1.86. The summed E-state index contributed by atoms with van der Waals surface area (Å²) < 4.78 is 5.75. The predicted octanol–water partition coefficient (Wildman–Crippen LogP) is 1.64. The number of ether oxygens (including phenoxy) is 1. The normalized spacial score (nSPS) is 20.4. The molecule has 1 atom stereocenters. The third-order valence-corrected chi connectivity index (χ3v) is 2.85. The molecule has 2 heterocycles. The maximum atomic E-state index is 5.75. The quantitative estimate of drug-likeness (QED) is 0.811. The van der Waals surface area contributed by atoms with E-state index >= 15 is 0 Å². The van der Waals surface area contributed by atoms with Gasteiger partial charge in [0.1, 0.15) is 18.2 Å². The predicted molar refractivity (Wildman–Crippen MR) is 64.9 cm³/mol. The van der Waals surface area contributed by atoms with Crippen molar-refractivity contribution in [1.82, 2.24) is 10.3 Å². The number of rotatable bonds is 4. The van der Waals surface area contributed by atoms with Crippen molar-refractivity contribution >= 4 is 5.82 Å². The zero-order valence-corrected chi connectivity index (χ0v) is 9.70. The molecule has 0 saturated carbocycles. The molecule has 2 N–H and O–H groups in total. The third-order valence-electron chi connectivity index (χ3n) is 2.85. The number of nitrogens with zero attached hydrogens (tertiary/aromatic N) is 1. The lowest BCUT2D eigenvalue weighted by Gasteiger charge is -2.23. The highest BCUT2D eigenvalue weighted by atomic mass is 16.5. The van der Waals surface area contributed by atoms with Crippen LogP contribution in [0.1, 0.15) is 19.3 Å². The van der Waals surface area contributed by atoms with E-state index in [4.69, 9.17) is 4.74 Å². The van der Waals surface area contributed by atoms with Crippen molar-refractivity contribution < 1.29 is 4.74 Å². The van der Waals surface area contributed by atoms with Gasteiger partial charge in [-0.1, -0.05) is 6.42 Å². The van der Waals surface area contributed by atoms with Crippen LogP contribution in [-0.4, -0.2) is 31.2 Å². The van der Waals surface area contributed by atoms with E-state index < -0.39 is 0 Å². The molecule has 1 aliphatic rings. The highest BCUT2D eigenvalue weighted by Crippen LogP contribution is 2.15. The van der Waals surface area contributed by atoms with E-state index in [-0.39, 0.29) is 0 Å². The van der Waals surface area contributed by atoms with Crippen molar-refractivity contribution in [3.05, 3.63) is 18.3 Å². The first-order valence-electron chi connectivity index (χ1n) is 5.88. The van der Waals surface area contributed by atoms with Gasteiger partial charge >= 0.3 is 0 Å². The molecule has 0 amide bonds. The summed E-state index contributed by atoms with van der Waals surface area (Å²) >= 11 is 0. The van der Waals surface area contributed by atoms with E-state index in [9.17, 15) is 0 Å². The van der Waals surface area contributed by atoms with E-state index in [1.54, 1.807) is 6.20 Å². The second-order valence-electron chi connectivity index (χ2n) is 4.08. The third kappa shape index (κ3) is 3.10. The van der Waals surface area contributed by atoms with Gasteiger partial charge < -0.3 is 15.4 Å². The molecule has 4 heteroatoms. The molecular formula is C12H19N3O. The molecule has 4 nitrogen and oxygen atoms in total. The molecule has 0 aliphatic carbocycles. The van der Waals surface area contributed by atoms with E-state index in [0.717, 1.165) is 24.7 Å². The Kier molecular flexibility index (Phi) is 3.99. The average Bonchev–Trinajstić information content (AvgIpc) is 2.38. The maximum Gasteiger partial charge on any atom is 0.129 e. The average molecular weight is 221 g/mol. The maximum absolute atomic E-state index is 5.75. The number of anilines is 1. The van der Waals surface area contributed by atoms with E-state index in [1.807, 2.05) is 19.2 Å². The van der Waals surface area contributed by atoms with Gasteiger partial charge in [-0.2, -0.15) is 0 Å². The largest absolute Gasteiger partial charge is 0.492 e. The number of pyridine rings is 1. The van der Waals surface area contributed by atoms with Crippen LogP contribution in [0.15, 0.2) is 18.3 Å². The Balaban J connectivity index is 1.83. The fraction of sp³-hybridized carbons (Fsp3) is 0.583. The highest BCUT2D eigenvalue weighted by molar-refractivity contribution is 5.39. The van der Waals surface area contributed by atoms with Gasteiger partial charge in [0.25, 0.3) is 0 Å². The molecule has 1 saturated heterocycles. The van der Waals surface area contributed by atoms with Crippen LogP contribution in [-0.2, 0) is 0 Å². The summed E-state index contributed by atoms with van der Waals surface area (Å²) in [6.07, 6.45) is 5.56. The monoisotopic (exact) mass is 221 g/mol. The molecule has 0 bridgehead atoms. The molecule has 1 aliphatic heterocycles. The van der Waals surface area contributed by atoms with Gasteiger partial charge in [0, 0.05) is 25.4 Å². The fourth-order valence-corrected chi connectivity index (χ4v) is 1.90. The Morgan fingerprint density at radius 1 is 1.56 bits per heavy atom. The van der Waals surface area contributed by atoms with E-state index in [2.05, 4.69) is 15.6 Å². The van der Waals surface area contributed by atoms with Crippen LogP contribution in [0.2, 0.25) is 0 Å². The van der Waals surface area contributed by atoms with Crippen molar-refractivity contribution in [1.29, 1.82) is 0 Å². The van der Waals surface area contributed by atoms with Crippen LogP contribution >= 0.6 is 0 Å². The number of nitrogens with one attached hydrogen (secondary N) is 2. The first-order valence-corrected chi connectivity index (χ1v) is 5.88. The zero-order valence-electron chi connectivity index (χ0n) is 9.70. The minimum Gasteiger partial charge on any atom is -0.492 e. The first kappa shape index (κ1) is 11.2. The second-order valence-corrected chi connectivity index (χ2v) is 4.08. The van der Waals surface area contributed by atoms with Crippen molar-refractivity contribution in [2.24, 2.45) is 0 Å². The Hall–Kier alpha value is -1.29. The van der Waals surface area contributed by atoms with E-state index in [1.165, 1.54) is 19.3 Å². The Labute approximate surface area is 96.4 Å². The molecule has 1 aromatic heterocycles. The number of hydrogen-bond donors (Lipinski definition) is 2. The summed E-state index contributed by atoms with van der Waals surface area (Å²) in [6.45, 7) is 1.86. The molecule has 16 heavy (non-hydrogen) atoms. The molecule has 88 valence electrons. The summed E-state index contributed by atoms with van der Waals surface area (Å²) in [5.74, 6) is 1.72. The molecule has 2 rings (SSSR count). The van der Waals surface area contributed by atoms with Crippen LogP contribution in [0.5, 0.6) is 5.75 Å². The molecule has 1 fully saturated rings. The number of hydrogen-bond acceptors (Lipinski definition) is 4. The fourth-order valence-electron chi connectivity index (χ4n) is 1.90. The second kappa shape index (κ2) is 5.70. The smallest absolute Gasteiger partial charge is 0.129 e. The van der Waals surface area contributed by atoms with Crippen LogP contribution in [0.25, 0.3) is 0 Å². The van der Waals surface area contributed by atoms with Crippen molar-refractivity contribution in [3.63, 3.8) is 0 Å². The van der Waals surface area contributed by atoms with Crippen molar-refractivity contribution in [3.8, 4) is 5.75 Å². The zero-order chi connectivity index (χ0) is 11.2. The Bertz CT molecular complexity index is 324. The molecular weight excluding hydrogens is 202 g/mol. The minimum atomic E-state index is 0.500. The summed E-state index contributed by atoms with van der Waals surface area (Å²) in [5.41, 5.74) is 0. The minimum absolute atomic E-state index is 0.500. The number of piperidine rings is 1. The summed E-state index contributed by atoms with van der Waals surface area (Å²) in [6, 6.07) is 4.31. The Morgan fingerprint density at radius 3 is 3.25 bits per heavy atom. The lowest BCUT2D eigenvalue weighted by molar-refractivity contribution is 0.239. The van der Waals surface area contributed by atoms with Gasteiger partial charge in [0.15, 0.2) is 0 Å². The first-order chi connectivity index (χ1) is 7.88. The molecule has 0 aromatic carbocycles. The van der Waals surface area contributed by atoms with Crippen LogP contribution in [0.3, 0.4) is 0 Å². The molecule has 1 aromatic rings. The summed E-state index contributed by atoms with van der Waals surface area (Å²) in [5, 5.41) is 6.46. The van der Waals surface area contributed by atoms with Crippen LogP contribution < -0.4 is 15.4 Å². The lowest BCUT2D eigenvalue weighted by Crippen LogP contribution is -2.38. The molecule has 0 spiro atoms. The molecule has 0 radical (unpaired) electrons. The summed E-state index contributed by atoms with van der Waals surface area (Å²) in [4.78, 5) is 4.15. The van der Waals surface area contributed by atoms with Gasteiger partial charge in [-0.3, -0.25) is 0 Å². The van der Waals surface area contributed by atoms with Gasteiger partial charge in [-0.15, -0.1) is 0 Å². The Morgan fingerprint density at radius 2 is 2.50 bits per heavy atom. The SMILES string of the molecule is CNc1cc(OCC2CCCCN2)ccn1.